The molecule has 0 unspecified atom stereocenters. The number of carbonyl (C=O) groups excluding carboxylic acids is 1. The van der Waals surface area contributed by atoms with E-state index in [2.05, 4.69) is 5.16 Å². The van der Waals surface area contributed by atoms with Crippen molar-refractivity contribution in [3.8, 4) is 5.75 Å². The summed E-state index contributed by atoms with van der Waals surface area (Å²) in [4.78, 5) is 12.0. The van der Waals surface area contributed by atoms with Crippen LogP contribution in [-0.2, 0) is 0 Å². The number of aryl methyl sites for hydroxylation is 1. The van der Waals surface area contributed by atoms with Crippen LogP contribution in [0.1, 0.15) is 21.5 Å². The highest BCUT2D eigenvalue weighted by molar-refractivity contribution is 5.92. The van der Waals surface area contributed by atoms with Crippen molar-refractivity contribution in [3.05, 3.63) is 65.2 Å². The number of benzene rings is 2. The fourth-order valence-corrected chi connectivity index (χ4v) is 1.65. The second kappa shape index (κ2) is 5.82. The molecule has 0 saturated heterocycles. The molecule has 0 aromatic heterocycles. The molecule has 2 aromatic carbocycles. The Balaban J connectivity index is 2.13. The van der Waals surface area contributed by atoms with Gasteiger partial charge >= 0.3 is 5.97 Å². The summed E-state index contributed by atoms with van der Waals surface area (Å²) in [6.45, 7) is 1.86. The Labute approximate surface area is 111 Å². The molecule has 4 nitrogen and oxygen atoms in total. The maximum atomic E-state index is 12.0. The summed E-state index contributed by atoms with van der Waals surface area (Å²) in [5.74, 6) is 0.0602. The molecule has 19 heavy (non-hydrogen) atoms. The minimum Gasteiger partial charge on any atom is -0.423 e. The molecule has 2 aromatic rings. The quantitative estimate of drug-likeness (QED) is 0.301. The minimum atomic E-state index is -0.387. The van der Waals surface area contributed by atoms with Gasteiger partial charge in [-0.15, -0.1) is 0 Å². The average Bonchev–Trinajstić information content (AvgIpc) is 2.42. The van der Waals surface area contributed by atoms with Crippen LogP contribution in [0.4, 0.5) is 0 Å². The van der Waals surface area contributed by atoms with Crippen LogP contribution in [0.5, 0.6) is 5.75 Å². The molecule has 0 atom stereocenters. The topological polar surface area (TPSA) is 58.9 Å². The van der Waals surface area contributed by atoms with Crippen molar-refractivity contribution in [2.45, 2.75) is 6.92 Å². The van der Waals surface area contributed by atoms with Crippen molar-refractivity contribution >= 4 is 12.2 Å². The second-order valence-electron chi connectivity index (χ2n) is 4.02. The van der Waals surface area contributed by atoms with Gasteiger partial charge in [0.15, 0.2) is 0 Å². The van der Waals surface area contributed by atoms with E-state index >= 15 is 0 Å². The second-order valence-corrected chi connectivity index (χ2v) is 4.02. The third-order valence-electron chi connectivity index (χ3n) is 2.66. The van der Waals surface area contributed by atoms with E-state index in [0.717, 1.165) is 11.1 Å². The zero-order valence-corrected chi connectivity index (χ0v) is 10.4. The first-order valence-electron chi connectivity index (χ1n) is 5.76. The molecule has 0 aliphatic heterocycles. The van der Waals surface area contributed by atoms with Crippen LogP contribution in [0.2, 0.25) is 0 Å². The summed E-state index contributed by atoms with van der Waals surface area (Å²) in [6, 6.07) is 13.9. The molecule has 0 fully saturated rings. The van der Waals surface area contributed by atoms with Crippen molar-refractivity contribution < 1.29 is 14.7 Å². The number of hydrogen-bond acceptors (Lipinski definition) is 4. The van der Waals surface area contributed by atoms with Gasteiger partial charge in [-0.3, -0.25) is 0 Å². The zero-order chi connectivity index (χ0) is 13.7. The van der Waals surface area contributed by atoms with E-state index in [4.69, 9.17) is 9.94 Å². The number of hydrogen-bond donors (Lipinski definition) is 1. The van der Waals surface area contributed by atoms with E-state index < -0.39 is 0 Å². The number of esters is 1. The lowest BCUT2D eigenvalue weighted by molar-refractivity contribution is 0.0734. The summed E-state index contributed by atoms with van der Waals surface area (Å²) >= 11 is 0. The summed E-state index contributed by atoms with van der Waals surface area (Å²) in [5.41, 5.74) is 2.14. The first-order chi connectivity index (χ1) is 9.20. The SMILES string of the molecule is Cc1ccccc1C(=O)Oc1ccc(C=NO)cc1. The highest BCUT2D eigenvalue weighted by atomic mass is 16.5. The molecule has 0 bridgehead atoms. The van der Waals surface area contributed by atoms with Crippen molar-refractivity contribution in [3.63, 3.8) is 0 Å². The molecule has 0 heterocycles. The normalized spacial score (nSPS) is 10.6. The third kappa shape index (κ3) is 3.19. The summed E-state index contributed by atoms with van der Waals surface area (Å²) < 4.78 is 5.27. The fraction of sp³-hybridized carbons (Fsp3) is 0.0667. The Morgan fingerprint density at radius 3 is 2.47 bits per heavy atom. The van der Waals surface area contributed by atoms with Gasteiger partial charge in [0.1, 0.15) is 5.75 Å². The van der Waals surface area contributed by atoms with Crippen molar-refractivity contribution in [1.82, 2.24) is 0 Å². The molecular weight excluding hydrogens is 242 g/mol. The van der Waals surface area contributed by atoms with Crippen LogP contribution in [-0.4, -0.2) is 17.4 Å². The van der Waals surface area contributed by atoms with Crippen LogP contribution in [0, 0.1) is 6.92 Å². The van der Waals surface area contributed by atoms with E-state index in [9.17, 15) is 4.79 Å². The van der Waals surface area contributed by atoms with Gasteiger partial charge in [-0.2, -0.15) is 0 Å². The molecule has 0 saturated carbocycles. The molecule has 0 spiro atoms. The Kier molecular flexibility index (Phi) is 3.93. The van der Waals surface area contributed by atoms with E-state index in [0.29, 0.717) is 11.3 Å². The first-order valence-corrected chi connectivity index (χ1v) is 5.76. The standard InChI is InChI=1S/C15H13NO3/c1-11-4-2-3-5-14(11)15(17)19-13-8-6-12(7-9-13)10-16-18/h2-10,18H,1H3. The van der Waals surface area contributed by atoms with Gasteiger partial charge in [0, 0.05) is 0 Å². The number of carbonyl (C=O) groups is 1. The lowest BCUT2D eigenvalue weighted by atomic mass is 10.1. The van der Waals surface area contributed by atoms with E-state index in [1.807, 2.05) is 19.1 Å². The van der Waals surface area contributed by atoms with Crippen molar-refractivity contribution in [2.24, 2.45) is 5.16 Å². The molecule has 1 N–H and O–H groups in total. The highest BCUT2D eigenvalue weighted by Crippen LogP contribution is 2.15. The molecule has 4 heteroatoms. The lowest BCUT2D eigenvalue weighted by Gasteiger charge is -2.06. The van der Waals surface area contributed by atoms with E-state index in [-0.39, 0.29) is 5.97 Å². The Hall–Kier alpha value is -2.62. The maximum absolute atomic E-state index is 12.0. The van der Waals surface area contributed by atoms with Gasteiger partial charge in [-0.1, -0.05) is 23.4 Å². The average molecular weight is 255 g/mol. The predicted molar refractivity (Wildman–Crippen MR) is 72.0 cm³/mol. The fourth-order valence-electron chi connectivity index (χ4n) is 1.65. The number of oxime groups is 1. The molecular formula is C15H13NO3. The van der Waals surface area contributed by atoms with Crippen LogP contribution < -0.4 is 4.74 Å². The molecule has 0 aliphatic rings. The van der Waals surface area contributed by atoms with Gasteiger partial charge in [-0.25, -0.2) is 4.79 Å². The summed E-state index contributed by atoms with van der Waals surface area (Å²) in [5, 5.41) is 11.3. The largest absolute Gasteiger partial charge is 0.423 e. The molecule has 96 valence electrons. The number of nitrogens with zero attached hydrogens (tertiary/aromatic N) is 1. The summed E-state index contributed by atoms with van der Waals surface area (Å²) in [6.07, 6.45) is 1.30. The maximum Gasteiger partial charge on any atom is 0.343 e. The van der Waals surface area contributed by atoms with E-state index in [1.165, 1.54) is 6.21 Å². The molecule has 2 rings (SSSR count). The van der Waals surface area contributed by atoms with Crippen LogP contribution in [0.25, 0.3) is 0 Å². The van der Waals surface area contributed by atoms with Gasteiger partial charge in [0.2, 0.25) is 0 Å². The molecule has 0 amide bonds. The smallest absolute Gasteiger partial charge is 0.343 e. The van der Waals surface area contributed by atoms with Crippen LogP contribution in [0.3, 0.4) is 0 Å². The van der Waals surface area contributed by atoms with Gasteiger partial charge < -0.3 is 9.94 Å². The Morgan fingerprint density at radius 1 is 1.16 bits per heavy atom. The molecule has 0 aliphatic carbocycles. The van der Waals surface area contributed by atoms with Crippen LogP contribution in [0.15, 0.2) is 53.7 Å². The highest BCUT2D eigenvalue weighted by Gasteiger charge is 2.10. The van der Waals surface area contributed by atoms with E-state index in [1.54, 1.807) is 36.4 Å². The Morgan fingerprint density at radius 2 is 1.84 bits per heavy atom. The van der Waals surface area contributed by atoms with Crippen molar-refractivity contribution in [2.75, 3.05) is 0 Å². The lowest BCUT2D eigenvalue weighted by Crippen LogP contribution is -2.09. The van der Waals surface area contributed by atoms with Crippen molar-refractivity contribution in [1.29, 1.82) is 0 Å². The third-order valence-corrected chi connectivity index (χ3v) is 2.66. The summed E-state index contributed by atoms with van der Waals surface area (Å²) in [7, 11) is 0. The minimum absolute atomic E-state index is 0.387. The number of ether oxygens (including phenoxy) is 1. The van der Waals surface area contributed by atoms with Crippen LogP contribution >= 0.6 is 0 Å². The predicted octanol–water partition coefficient (Wildman–Crippen LogP) is 3.02. The van der Waals surface area contributed by atoms with Gasteiger partial charge in [0.05, 0.1) is 11.8 Å². The molecule has 0 radical (unpaired) electrons. The van der Waals surface area contributed by atoms with Gasteiger partial charge in [-0.05, 0) is 48.4 Å². The monoisotopic (exact) mass is 255 g/mol. The Bertz CT molecular complexity index is 603. The zero-order valence-electron chi connectivity index (χ0n) is 10.4. The first kappa shape index (κ1) is 12.8. The van der Waals surface area contributed by atoms with Gasteiger partial charge in [0.25, 0.3) is 0 Å². The number of rotatable bonds is 3.